The van der Waals surface area contributed by atoms with Gasteiger partial charge in [-0.05, 0) is 37.0 Å². The van der Waals surface area contributed by atoms with Crippen LogP contribution in [-0.4, -0.2) is 24.3 Å². The highest BCUT2D eigenvalue weighted by Crippen LogP contribution is 2.39. The third-order valence-electron chi connectivity index (χ3n) is 5.38. The molecule has 7 heteroatoms. The smallest absolute Gasteiger partial charge is 0.279 e. The Morgan fingerprint density at radius 3 is 2.45 bits per heavy atom. The minimum atomic E-state index is -0.153. The van der Waals surface area contributed by atoms with Gasteiger partial charge in [0, 0.05) is 36.4 Å². The molecule has 7 nitrogen and oxygen atoms in total. The number of nitrogens with zero attached hydrogens (tertiary/aromatic N) is 5. The van der Waals surface area contributed by atoms with Crippen LogP contribution in [0.5, 0.6) is 0 Å². The monoisotopic (exact) mass is 416 g/mol. The lowest BCUT2D eigenvalue weighted by Gasteiger charge is -2.31. The van der Waals surface area contributed by atoms with Crippen LogP contribution in [0.25, 0.3) is 16.6 Å². The standard InChI is InChI=1S/C14H9N3O.C8H13N3.C2H6/c15-8-10-9-16-13-12(10)6-7-17(14(13)18)11-4-2-1-3-5-11;1-6-3-7(4-6)8-10-9-5-11(8)2;1-2/h1-7,9,16H;5-7H,3-4H2,1-2H3;1-2H3. The molecular weight excluding hydrogens is 388 g/mol. The number of hydrogen-bond acceptors (Lipinski definition) is 4. The minimum Gasteiger partial charge on any atom is -0.355 e. The summed E-state index contributed by atoms with van der Waals surface area (Å²) >= 11 is 0. The molecule has 0 bridgehead atoms. The number of nitrogens with one attached hydrogen (secondary N) is 1. The Balaban J connectivity index is 0.000000179. The van der Waals surface area contributed by atoms with Gasteiger partial charge in [0.15, 0.2) is 0 Å². The molecule has 1 N–H and O–H groups in total. The van der Waals surface area contributed by atoms with Crippen LogP contribution >= 0.6 is 0 Å². The van der Waals surface area contributed by atoms with Gasteiger partial charge < -0.3 is 9.55 Å². The highest BCUT2D eigenvalue weighted by molar-refractivity contribution is 5.84. The molecule has 160 valence electrons. The third-order valence-corrected chi connectivity index (χ3v) is 5.38. The van der Waals surface area contributed by atoms with E-state index in [0.29, 0.717) is 22.4 Å². The van der Waals surface area contributed by atoms with Crippen molar-refractivity contribution < 1.29 is 0 Å². The first-order valence-electron chi connectivity index (χ1n) is 10.6. The number of benzene rings is 1. The van der Waals surface area contributed by atoms with Crippen LogP contribution in [0, 0.1) is 17.2 Å². The SMILES string of the molecule is CC.CC1CC(c2nncn2C)C1.N#Cc1c[nH]c2c(=O)n(-c3ccccc3)ccc12. The number of aryl methyl sites for hydroxylation is 1. The fraction of sp³-hybridized carbons (Fsp3) is 0.333. The maximum absolute atomic E-state index is 12.3. The number of aromatic amines is 1. The van der Waals surface area contributed by atoms with E-state index in [-0.39, 0.29) is 5.56 Å². The maximum Gasteiger partial charge on any atom is 0.279 e. The second kappa shape index (κ2) is 9.90. The summed E-state index contributed by atoms with van der Waals surface area (Å²) in [7, 11) is 2.01. The molecule has 3 aromatic heterocycles. The van der Waals surface area contributed by atoms with Crippen LogP contribution in [-0.2, 0) is 7.05 Å². The second-order valence-electron chi connectivity index (χ2n) is 7.50. The average molecular weight is 417 g/mol. The topological polar surface area (TPSA) is 92.3 Å². The van der Waals surface area contributed by atoms with Crippen LogP contribution in [0.15, 0.2) is 59.9 Å². The Morgan fingerprint density at radius 2 is 1.87 bits per heavy atom. The molecule has 0 aliphatic heterocycles. The normalized spacial score (nSPS) is 16.9. The third kappa shape index (κ3) is 4.58. The Labute approximate surface area is 182 Å². The van der Waals surface area contributed by atoms with Crippen molar-refractivity contribution in [3.05, 3.63) is 76.9 Å². The molecule has 3 heterocycles. The van der Waals surface area contributed by atoms with Gasteiger partial charge in [0.25, 0.3) is 5.56 Å². The Bertz CT molecular complexity index is 1220. The highest BCUT2D eigenvalue weighted by atomic mass is 16.1. The average Bonchev–Trinajstić information content (AvgIpc) is 3.40. The summed E-state index contributed by atoms with van der Waals surface area (Å²) in [4.78, 5) is 15.1. The summed E-state index contributed by atoms with van der Waals surface area (Å²) < 4.78 is 3.58. The van der Waals surface area contributed by atoms with Crippen molar-refractivity contribution in [1.29, 1.82) is 5.26 Å². The number of rotatable bonds is 2. The van der Waals surface area contributed by atoms with Gasteiger partial charge >= 0.3 is 0 Å². The zero-order chi connectivity index (χ0) is 22.4. The minimum absolute atomic E-state index is 0.153. The van der Waals surface area contributed by atoms with Gasteiger partial charge in [0.1, 0.15) is 23.7 Å². The van der Waals surface area contributed by atoms with Crippen molar-refractivity contribution in [2.45, 2.75) is 39.5 Å². The lowest BCUT2D eigenvalue weighted by molar-refractivity contribution is 0.273. The Hall–Kier alpha value is -3.66. The van der Waals surface area contributed by atoms with Crippen LogP contribution in [0.1, 0.15) is 50.9 Å². The first-order valence-corrected chi connectivity index (χ1v) is 10.6. The number of pyridine rings is 1. The predicted octanol–water partition coefficient (Wildman–Crippen LogP) is 4.55. The Kier molecular flexibility index (Phi) is 7.03. The predicted molar refractivity (Wildman–Crippen MR) is 122 cm³/mol. The molecule has 0 amide bonds. The van der Waals surface area contributed by atoms with E-state index in [4.69, 9.17) is 5.26 Å². The van der Waals surface area contributed by atoms with Crippen molar-refractivity contribution in [2.75, 3.05) is 0 Å². The summed E-state index contributed by atoms with van der Waals surface area (Å²) in [5.74, 6) is 2.72. The number of H-pyrrole nitrogens is 1. The van der Waals surface area contributed by atoms with Gasteiger partial charge in [0.2, 0.25) is 0 Å². The van der Waals surface area contributed by atoms with E-state index in [0.717, 1.165) is 17.4 Å². The first-order chi connectivity index (χ1) is 15.1. The van der Waals surface area contributed by atoms with Gasteiger partial charge in [-0.25, -0.2) is 0 Å². The summed E-state index contributed by atoms with van der Waals surface area (Å²) in [5, 5.41) is 17.5. The van der Waals surface area contributed by atoms with E-state index in [1.807, 2.05) is 55.8 Å². The van der Waals surface area contributed by atoms with Crippen molar-refractivity contribution >= 4 is 10.9 Å². The molecule has 0 spiro atoms. The summed E-state index contributed by atoms with van der Waals surface area (Å²) in [6, 6.07) is 13.2. The lowest BCUT2D eigenvalue weighted by Crippen LogP contribution is -2.21. The van der Waals surface area contributed by atoms with E-state index in [2.05, 4.69) is 28.2 Å². The number of para-hydroxylation sites is 1. The molecule has 4 aromatic rings. The van der Waals surface area contributed by atoms with Crippen LogP contribution in [0.3, 0.4) is 0 Å². The summed E-state index contributed by atoms with van der Waals surface area (Å²) in [5.41, 5.74) is 1.60. The van der Waals surface area contributed by atoms with Gasteiger partial charge in [0.05, 0.1) is 5.56 Å². The Morgan fingerprint density at radius 1 is 1.16 bits per heavy atom. The van der Waals surface area contributed by atoms with E-state index in [1.54, 1.807) is 29.4 Å². The number of fused-ring (bicyclic) bond motifs is 1. The summed E-state index contributed by atoms with van der Waals surface area (Å²) in [6.45, 7) is 6.28. The molecule has 0 unspecified atom stereocenters. The highest BCUT2D eigenvalue weighted by Gasteiger charge is 2.29. The molecule has 0 atom stereocenters. The van der Waals surface area contributed by atoms with Gasteiger partial charge in [-0.3, -0.25) is 9.36 Å². The first kappa shape index (κ1) is 22.0. The molecule has 1 fully saturated rings. The number of nitriles is 1. The van der Waals surface area contributed by atoms with Crippen LogP contribution in [0.4, 0.5) is 0 Å². The molecular formula is C24H28N6O. The number of hydrogen-bond donors (Lipinski definition) is 1. The van der Waals surface area contributed by atoms with Crippen molar-refractivity contribution in [1.82, 2.24) is 24.3 Å². The van der Waals surface area contributed by atoms with Gasteiger partial charge in [-0.1, -0.05) is 39.0 Å². The quantitative estimate of drug-likeness (QED) is 0.519. The lowest BCUT2D eigenvalue weighted by atomic mass is 9.76. The van der Waals surface area contributed by atoms with Crippen LogP contribution < -0.4 is 5.56 Å². The van der Waals surface area contributed by atoms with E-state index in [9.17, 15) is 4.79 Å². The van der Waals surface area contributed by atoms with Crippen molar-refractivity contribution in [3.8, 4) is 11.8 Å². The zero-order valence-corrected chi connectivity index (χ0v) is 18.4. The molecule has 1 aromatic carbocycles. The van der Waals surface area contributed by atoms with Crippen molar-refractivity contribution in [3.63, 3.8) is 0 Å². The van der Waals surface area contributed by atoms with E-state index >= 15 is 0 Å². The molecule has 5 rings (SSSR count). The molecule has 0 saturated heterocycles. The largest absolute Gasteiger partial charge is 0.355 e. The summed E-state index contributed by atoms with van der Waals surface area (Å²) in [6.07, 6.45) is 7.59. The van der Waals surface area contributed by atoms with Gasteiger partial charge in [-0.15, -0.1) is 10.2 Å². The molecule has 1 aliphatic rings. The van der Waals surface area contributed by atoms with E-state index in [1.165, 1.54) is 12.8 Å². The molecule has 1 saturated carbocycles. The molecule has 31 heavy (non-hydrogen) atoms. The molecule has 1 aliphatic carbocycles. The van der Waals surface area contributed by atoms with Gasteiger partial charge in [-0.2, -0.15) is 5.26 Å². The maximum atomic E-state index is 12.3. The van der Waals surface area contributed by atoms with E-state index < -0.39 is 0 Å². The van der Waals surface area contributed by atoms with Crippen molar-refractivity contribution in [2.24, 2.45) is 13.0 Å². The zero-order valence-electron chi connectivity index (χ0n) is 18.4. The fourth-order valence-corrected chi connectivity index (χ4v) is 3.78. The van der Waals surface area contributed by atoms with Crippen LogP contribution in [0.2, 0.25) is 0 Å². The number of aromatic nitrogens is 5. The molecule has 0 radical (unpaired) electrons. The second-order valence-corrected chi connectivity index (χ2v) is 7.50. The fourth-order valence-electron chi connectivity index (χ4n) is 3.78.